The minimum absolute atomic E-state index is 0.468. The highest BCUT2D eigenvalue weighted by Crippen LogP contribution is 2.24. The van der Waals surface area contributed by atoms with E-state index in [1.54, 1.807) is 12.1 Å². The number of carbonyl (C=O) groups excluding carboxylic acids is 1. The van der Waals surface area contributed by atoms with Crippen molar-refractivity contribution < 1.29 is 9.53 Å². The quantitative estimate of drug-likeness (QED) is 0.545. The van der Waals surface area contributed by atoms with E-state index in [4.69, 9.17) is 16.3 Å². The van der Waals surface area contributed by atoms with Crippen molar-refractivity contribution in [3.05, 3.63) is 83.1 Å². The highest BCUT2D eigenvalue weighted by Gasteiger charge is 2.12. The zero-order valence-corrected chi connectivity index (χ0v) is 18.1. The number of ether oxygens (including phenoxy) is 1. The predicted molar refractivity (Wildman–Crippen MR) is 123 cm³/mol. The maximum Gasteiger partial charge on any atom is 0.412 e. The second kappa shape index (κ2) is 10.4. The van der Waals surface area contributed by atoms with Crippen LogP contribution < -0.4 is 10.1 Å². The number of likely N-dealkylation sites (tertiary alicyclic amines) is 1. The van der Waals surface area contributed by atoms with E-state index >= 15 is 0 Å². The number of hydrogen-bond donors (Lipinski definition) is 1. The maximum absolute atomic E-state index is 12.1. The second-order valence-corrected chi connectivity index (χ2v) is 8.18. The predicted octanol–water partition coefficient (Wildman–Crippen LogP) is 5.33. The Bertz CT molecular complexity index is 983. The van der Waals surface area contributed by atoms with Crippen molar-refractivity contribution in [1.29, 1.82) is 0 Å². The van der Waals surface area contributed by atoms with E-state index in [-0.39, 0.29) is 0 Å². The van der Waals surface area contributed by atoms with Crippen LogP contribution in [-0.2, 0) is 13.0 Å². The van der Waals surface area contributed by atoms with Crippen LogP contribution in [0, 0.1) is 0 Å². The summed E-state index contributed by atoms with van der Waals surface area (Å²) in [7, 11) is 0. The fourth-order valence-corrected chi connectivity index (χ4v) is 3.81. The lowest BCUT2D eigenvalue weighted by molar-refractivity contribution is 0.200. The Labute approximate surface area is 188 Å². The Balaban J connectivity index is 1.20. The summed E-state index contributed by atoms with van der Waals surface area (Å²) in [4.78, 5) is 19.0. The summed E-state index contributed by atoms with van der Waals surface area (Å²) >= 11 is 5.93. The molecule has 31 heavy (non-hydrogen) atoms. The molecule has 1 aromatic heterocycles. The Morgan fingerprint density at radius 2 is 1.65 bits per heavy atom. The van der Waals surface area contributed by atoms with Crippen LogP contribution in [0.25, 0.3) is 11.1 Å². The van der Waals surface area contributed by atoms with E-state index < -0.39 is 6.09 Å². The van der Waals surface area contributed by atoms with Gasteiger partial charge in [0.15, 0.2) is 0 Å². The van der Waals surface area contributed by atoms with Crippen LogP contribution in [0.4, 0.5) is 4.79 Å². The third-order valence-corrected chi connectivity index (χ3v) is 5.64. The van der Waals surface area contributed by atoms with Gasteiger partial charge in [-0.1, -0.05) is 41.9 Å². The zero-order valence-electron chi connectivity index (χ0n) is 17.4. The summed E-state index contributed by atoms with van der Waals surface area (Å²) < 4.78 is 5.36. The topological polar surface area (TPSA) is 54.5 Å². The lowest BCUT2D eigenvalue weighted by Gasteiger charge is -2.14. The summed E-state index contributed by atoms with van der Waals surface area (Å²) in [5.41, 5.74) is 4.28. The Morgan fingerprint density at radius 1 is 0.968 bits per heavy atom. The van der Waals surface area contributed by atoms with Gasteiger partial charge in [0.1, 0.15) is 5.75 Å². The molecule has 5 nitrogen and oxygen atoms in total. The maximum atomic E-state index is 12.1. The van der Waals surface area contributed by atoms with Crippen LogP contribution >= 0.6 is 11.6 Å². The standard InChI is InChI=1S/C25H26ClN3O2/c26-22-8-4-20(5-9-22)21-6-11-24(12-7-21)31-25(30)27-14-13-23-10-3-19(17-28-23)18-29-15-1-2-16-29/h3-12,17H,1-2,13-16,18H2,(H,27,30). The number of pyridine rings is 1. The fourth-order valence-electron chi connectivity index (χ4n) is 3.69. The average Bonchev–Trinajstić information content (AvgIpc) is 3.29. The number of carbonyl (C=O) groups is 1. The van der Waals surface area contributed by atoms with Gasteiger partial charge in [-0.05, 0) is 73.0 Å². The highest BCUT2D eigenvalue weighted by atomic mass is 35.5. The molecule has 2 aromatic carbocycles. The molecule has 0 spiro atoms. The normalized spacial score (nSPS) is 13.8. The van der Waals surface area contributed by atoms with E-state index in [9.17, 15) is 4.79 Å². The van der Waals surface area contributed by atoms with Gasteiger partial charge >= 0.3 is 6.09 Å². The number of halogens is 1. The van der Waals surface area contributed by atoms with Crippen molar-refractivity contribution in [2.45, 2.75) is 25.8 Å². The molecule has 6 heteroatoms. The third kappa shape index (κ3) is 6.29. The summed E-state index contributed by atoms with van der Waals surface area (Å²) in [6, 6.07) is 19.2. The summed E-state index contributed by atoms with van der Waals surface area (Å²) in [6.07, 6.45) is 4.72. The van der Waals surface area contributed by atoms with Crippen molar-refractivity contribution >= 4 is 17.7 Å². The molecule has 1 aliphatic heterocycles. The van der Waals surface area contributed by atoms with Crippen molar-refractivity contribution in [2.24, 2.45) is 0 Å². The molecule has 1 saturated heterocycles. The van der Waals surface area contributed by atoms with Gasteiger partial charge in [0, 0.05) is 36.4 Å². The first-order valence-corrected chi connectivity index (χ1v) is 11.0. The monoisotopic (exact) mass is 435 g/mol. The molecule has 0 atom stereocenters. The van der Waals surface area contributed by atoms with E-state index in [1.165, 1.54) is 31.5 Å². The van der Waals surface area contributed by atoms with Crippen LogP contribution in [0.3, 0.4) is 0 Å². The van der Waals surface area contributed by atoms with E-state index in [0.29, 0.717) is 23.7 Å². The van der Waals surface area contributed by atoms with Crippen molar-refractivity contribution in [3.8, 4) is 16.9 Å². The third-order valence-electron chi connectivity index (χ3n) is 5.38. The molecular formula is C25H26ClN3O2. The Morgan fingerprint density at radius 3 is 2.29 bits per heavy atom. The molecule has 160 valence electrons. The van der Waals surface area contributed by atoms with Gasteiger partial charge in [0.25, 0.3) is 0 Å². The molecule has 1 amide bonds. The zero-order chi connectivity index (χ0) is 21.5. The molecule has 1 fully saturated rings. The molecular weight excluding hydrogens is 410 g/mol. The molecule has 0 unspecified atom stereocenters. The van der Waals surface area contributed by atoms with E-state index in [2.05, 4.69) is 21.3 Å². The van der Waals surface area contributed by atoms with Crippen molar-refractivity contribution in [3.63, 3.8) is 0 Å². The first-order chi connectivity index (χ1) is 15.2. The molecule has 1 N–H and O–H groups in total. The number of amides is 1. The van der Waals surface area contributed by atoms with Gasteiger partial charge in [-0.2, -0.15) is 0 Å². The Kier molecular flexibility index (Phi) is 7.18. The second-order valence-electron chi connectivity index (χ2n) is 7.74. The molecule has 4 rings (SSSR count). The van der Waals surface area contributed by atoms with Gasteiger partial charge < -0.3 is 10.1 Å². The smallest absolute Gasteiger partial charge is 0.410 e. The van der Waals surface area contributed by atoms with Gasteiger partial charge in [0.05, 0.1) is 0 Å². The van der Waals surface area contributed by atoms with Crippen LogP contribution in [0.1, 0.15) is 24.1 Å². The number of nitrogens with one attached hydrogen (secondary N) is 1. The fraction of sp³-hybridized carbons (Fsp3) is 0.280. The van der Waals surface area contributed by atoms with Crippen molar-refractivity contribution in [1.82, 2.24) is 15.2 Å². The molecule has 0 saturated carbocycles. The first-order valence-electron chi connectivity index (χ1n) is 10.6. The minimum atomic E-state index is -0.468. The lowest BCUT2D eigenvalue weighted by atomic mass is 10.1. The lowest BCUT2D eigenvalue weighted by Crippen LogP contribution is -2.28. The molecule has 0 radical (unpaired) electrons. The summed E-state index contributed by atoms with van der Waals surface area (Å²) in [5, 5.41) is 3.48. The van der Waals surface area contributed by atoms with Crippen LogP contribution in [0.15, 0.2) is 66.9 Å². The van der Waals surface area contributed by atoms with Crippen molar-refractivity contribution in [2.75, 3.05) is 19.6 Å². The molecule has 1 aliphatic rings. The molecule has 0 bridgehead atoms. The van der Waals surface area contributed by atoms with E-state index in [0.717, 1.165) is 23.4 Å². The van der Waals surface area contributed by atoms with Gasteiger partial charge in [-0.15, -0.1) is 0 Å². The van der Waals surface area contributed by atoms with Gasteiger partial charge in [0.2, 0.25) is 0 Å². The van der Waals surface area contributed by atoms with Crippen LogP contribution in [-0.4, -0.2) is 35.6 Å². The largest absolute Gasteiger partial charge is 0.412 e. The van der Waals surface area contributed by atoms with Gasteiger partial charge in [-0.25, -0.2) is 4.79 Å². The number of nitrogens with zero attached hydrogens (tertiary/aromatic N) is 2. The summed E-state index contributed by atoms with van der Waals surface area (Å²) in [6.45, 7) is 3.80. The summed E-state index contributed by atoms with van der Waals surface area (Å²) in [5.74, 6) is 0.500. The number of aromatic nitrogens is 1. The first kappa shape index (κ1) is 21.3. The SMILES string of the molecule is O=C(NCCc1ccc(CN2CCCC2)cn1)Oc1ccc(-c2ccc(Cl)cc2)cc1. The number of rotatable bonds is 7. The Hall–Kier alpha value is -2.89. The molecule has 0 aliphatic carbocycles. The minimum Gasteiger partial charge on any atom is -0.410 e. The van der Waals surface area contributed by atoms with Crippen LogP contribution in [0.5, 0.6) is 5.75 Å². The van der Waals surface area contributed by atoms with Gasteiger partial charge in [-0.3, -0.25) is 9.88 Å². The average molecular weight is 436 g/mol. The van der Waals surface area contributed by atoms with Crippen LogP contribution in [0.2, 0.25) is 5.02 Å². The van der Waals surface area contributed by atoms with E-state index in [1.807, 2.05) is 48.7 Å². The molecule has 3 aromatic rings. The number of benzene rings is 2. The molecule has 2 heterocycles. The highest BCUT2D eigenvalue weighted by molar-refractivity contribution is 6.30. The number of hydrogen-bond acceptors (Lipinski definition) is 4.